The number of anilines is 1. The molecule has 0 aliphatic carbocycles. The molecule has 2 aromatic heterocycles. The van der Waals surface area contributed by atoms with E-state index < -0.39 is 0 Å². The van der Waals surface area contributed by atoms with E-state index in [1.807, 2.05) is 47.8 Å². The summed E-state index contributed by atoms with van der Waals surface area (Å²) in [5.41, 5.74) is 4.61. The molecule has 0 spiro atoms. The highest BCUT2D eigenvalue weighted by Gasteiger charge is 2.26. The fourth-order valence-electron chi connectivity index (χ4n) is 4.36. The number of rotatable bonds is 5. The molecule has 7 heteroatoms. The highest BCUT2D eigenvalue weighted by atomic mass is 19.1. The molecule has 1 amide bonds. The van der Waals surface area contributed by atoms with Gasteiger partial charge in [-0.25, -0.2) is 9.37 Å². The standard InChI is InChI=1S/C26H26FN5O/c1-18-15-25(32-24(29-18)16-23(30-32)20-5-3-2-4-6-20)31-13-11-21(12-14-31)26(33)28-17-19-7-9-22(27)10-8-19/h2-10,15-16,21H,11-14,17H2,1H3,(H,28,33). The van der Waals surface area contributed by atoms with Gasteiger partial charge in [-0.2, -0.15) is 9.61 Å². The van der Waals surface area contributed by atoms with Gasteiger partial charge in [0.15, 0.2) is 5.65 Å². The molecule has 0 unspecified atom stereocenters. The highest BCUT2D eigenvalue weighted by Crippen LogP contribution is 2.27. The van der Waals surface area contributed by atoms with Crippen LogP contribution < -0.4 is 10.2 Å². The number of hydrogen-bond acceptors (Lipinski definition) is 4. The Hall–Kier alpha value is -3.74. The third kappa shape index (κ3) is 4.58. The number of aryl methyl sites for hydroxylation is 1. The smallest absolute Gasteiger partial charge is 0.223 e. The summed E-state index contributed by atoms with van der Waals surface area (Å²) < 4.78 is 15.0. The number of piperidine rings is 1. The molecule has 5 rings (SSSR count). The van der Waals surface area contributed by atoms with Crippen LogP contribution in [-0.4, -0.2) is 33.6 Å². The van der Waals surface area contributed by atoms with Crippen molar-refractivity contribution in [2.45, 2.75) is 26.3 Å². The van der Waals surface area contributed by atoms with Crippen LogP contribution >= 0.6 is 0 Å². The van der Waals surface area contributed by atoms with Gasteiger partial charge >= 0.3 is 0 Å². The summed E-state index contributed by atoms with van der Waals surface area (Å²) in [4.78, 5) is 19.6. The third-order valence-corrected chi connectivity index (χ3v) is 6.18. The maximum absolute atomic E-state index is 13.1. The van der Waals surface area contributed by atoms with Crippen molar-refractivity contribution in [2.75, 3.05) is 18.0 Å². The molecule has 168 valence electrons. The summed E-state index contributed by atoms with van der Waals surface area (Å²) in [7, 11) is 0. The van der Waals surface area contributed by atoms with Gasteiger partial charge < -0.3 is 10.2 Å². The van der Waals surface area contributed by atoms with Crippen LogP contribution in [0.5, 0.6) is 0 Å². The van der Waals surface area contributed by atoms with E-state index in [1.165, 1.54) is 12.1 Å². The zero-order chi connectivity index (χ0) is 22.8. The first-order valence-corrected chi connectivity index (χ1v) is 11.3. The first kappa shape index (κ1) is 21.1. The van der Waals surface area contributed by atoms with Crippen LogP contribution in [0.3, 0.4) is 0 Å². The molecule has 1 aliphatic heterocycles. The van der Waals surface area contributed by atoms with Crippen LogP contribution in [0.15, 0.2) is 66.7 Å². The van der Waals surface area contributed by atoms with E-state index in [2.05, 4.69) is 21.3 Å². The molecular weight excluding hydrogens is 417 g/mol. The van der Waals surface area contributed by atoms with E-state index in [9.17, 15) is 9.18 Å². The predicted molar refractivity (Wildman–Crippen MR) is 126 cm³/mol. The normalized spacial score (nSPS) is 14.5. The van der Waals surface area contributed by atoms with Crippen molar-refractivity contribution < 1.29 is 9.18 Å². The lowest BCUT2D eigenvalue weighted by molar-refractivity contribution is -0.125. The van der Waals surface area contributed by atoms with Crippen molar-refractivity contribution in [3.05, 3.63) is 83.8 Å². The second-order valence-corrected chi connectivity index (χ2v) is 8.53. The van der Waals surface area contributed by atoms with Gasteiger partial charge in [0.05, 0.1) is 5.69 Å². The molecule has 0 bridgehead atoms. The maximum Gasteiger partial charge on any atom is 0.223 e. The lowest BCUT2D eigenvalue weighted by atomic mass is 9.95. The Labute approximate surface area is 192 Å². The van der Waals surface area contributed by atoms with Crippen molar-refractivity contribution in [1.82, 2.24) is 19.9 Å². The summed E-state index contributed by atoms with van der Waals surface area (Å²) in [6.07, 6.45) is 1.54. The number of halogens is 1. The van der Waals surface area contributed by atoms with Gasteiger partial charge in [-0.1, -0.05) is 42.5 Å². The first-order valence-electron chi connectivity index (χ1n) is 11.3. The summed E-state index contributed by atoms with van der Waals surface area (Å²) >= 11 is 0. The number of hydrogen-bond donors (Lipinski definition) is 1. The SMILES string of the molecule is Cc1cc(N2CCC(C(=O)NCc3ccc(F)cc3)CC2)n2nc(-c3ccccc3)cc2n1. The largest absolute Gasteiger partial charge is 0.356 e. The zero-order valence-electron chi connectivity index (χ0n) is 18.5. The number of fused-ring (bicyclic) bond motifs is 1. The lowest BCUT2D eigenvalue weighted by Crippen LogP contribution is -2.41. The summed E-state index contributed by atoms with van der Waals surface area (Å²) in [5, 5.41) is 7.82. The monoisotopic (exact) mass is 443 g/mol. The second kappa shape index (κ2) is 9.02. The molecule has 0 radical (unpaired) electrons. The number of nitrogens with one attached hydrogen (secondary N) is 1. The Morgan fingerprint density at radius 2 is 1.79 bits per heavy atom. The third-order valence-electron chi connectivity index (χ3n) is 6.18. The zero-order valence-corrected chi connectivity index (χ0v) is 18.5. The number of carbonyl (C=O) groups excluding carboxylic acids is 1. The van der Waals surface area contributed by atoms with Crippen molar-refractivity contribution >= 4 is 17.4 Å². The summed E-state index contributed by atoms with van der Waals surface area (Å²) in [6.45, 7) is 3.95. The number of benzene rings is 2. The fourth-order valence-corrected chi connectivity index (χ4v) is 4.36. The molecule has 33 heavy (non-hydrogen) atoms. The molecule has 1 aliphatic rings. The Bertz CT molecular complexity index is 1260. The van der Waals surface area contributed by atoms with E-state index in [-0.39, 0.29) is 17.6 Å². The summed E-state index contributed by atoms with van der Waals surface area (Å²) in [5.74, 6) is 0.758. The maximum atomic E-state index is 13.1. The van der Waals surface area contributed by atoms with E-state index in [1.54, 1.807) is 12.1 Å². The van der Waals surface area contributed by atoms with Gasteiger partial charge in [0.25, 0.3) is 0 Å². The number of nitrogens with zero attached hydrogens (tertiary/aromatic N) is 4. The average molecular weight is 444 g/mol. The Balaban J connectivity index is 1.27. The Kier molecular flexibility index (Phi) is 5.77. The van der Waals surface area contributed by atoms with E-state index in [4.69, 9.17) is 5.10 Å². The minimum atomic E-state index is -0.272. The summed E-state index contributed by atoms with van der Waals surface area (Å²) in [6, 6.07) is 20.4. The van der Waals surface area contributed by atoms with Crippen molar-refractivity contribution in [2.24, 2.45) is 5.92 Å². The van der Waals surface area contributed by atoms with Crippen LogP contribution in [0, 0.1) is 18.7 Å². The molecule has 1 fully saturated rings. The number of carbonyl (C=O) groups is 1. The molecule has 0 saturated carbocycles. The van der Waals surface area contributed by atoms with Crippen LogP contribution in [0.1, 0.15) is 24.1 Å². The average Bonchev–Trinajstić information content (AvgIpc) is 3.28. The van der Waals surface area contributed by atoms with Gasteiger partial charge in [-0.05, 0) is 37.5 Å². The molecule has 1 saturated heterocycles. The molecular formula is C26H26FN5O. The minimum Gasteiger partial charge on any atom is -0.356 e. The van der Waals surface area contributed by atoms with E-state index >= 15 is 0 Å². The van der Waals surface area contributed by atoms with Gasteiger partial charge in [-0.3, -0.25) is 4.79 Å². The van der Waals surface area contributed by atoms with E-state index in [0.29, 0.717) is 6.54 Å². The van der Waals surface area contributed by atoms with E-state index in [0.717, 1.165) is 59.9 Å². The van der Waals surface area contributed by atoms with Crippen LogP contribution in [-0.2, 0) is 11.3 Å². The molecule has 0 atom stereocenters. The molecule has 4 aromatic rings. The molecule has 2 aromatic carbocycles. The minimum absolute atomic E-state index is 0.0300. The Morgan fingerprint density at radius 1 is 1.06 bits per heavy atom. The number of aromatic nitrogens is 3. The second-order valence-electron chi connectivity index (χ2n) is 8.53. The topological polar surface area (TPSA) is 62.5 Å². The molecule has 1 N–H and O–H groups in total. The van der Waals surface area contributed by atoms with Crippen LogP contribution in [0.25, 0.3) is 16.9 Å². The number of amides is 1. The highest BCUT2D eigenvalue weighted by molar-refractivity contribution is 5.79. The van der Waals surface area contributed by atoms with Gasteiger partial charge in [0, 0.05) is 48.9 Å². The fraction of sp³-hybridized carbons (Fsp3) is 0.269. The lowest BCUT2D eigenvalue weighted by Gasteiger charge is -2.33. The first-order chi connectivity index (χ1) is 16.1. The molecule has 3 heterocycles. The Morgan fingerprint density at radius 3 is 2.52 bits per heavy atom. The van der Waals surface area contributed by atoms with Gasteiger partial charge in [-0.15, -0.1) is 0 Å². The van der Waals surface area contributed by atoms with Gasteiger partial charge in [0.2, 0.25) is 5.91 Å². The van der Waals surface area contributed by atoms with Crippen molar-refractivity contribution in [3.8, 4) is 11.3 Å². The van der Waals surface area contributed by atoms with Crippen molar-refractivity contribution in [3.63, 3.8) is 0 Å². The van der Waals surface area contributed by atoms with Crippen LogP contribution in [0.4, 0.5) is 10.2 Å². The molecule has 6 nitrogen and oxygen atoms in total. The van der Waals surface area contributed by atoms with Crippen molar-refractivity contribution in [1.29, 1.82) is 0 Å². The van der Waals surface area contributed by atoms with Crippen LogP contribution in [0.2, 0.25) is 0 Å². The van der Waals surface area contributed by atoms with Gasteiger partial charge in [0.1, 0.15) is 11.6 Å². The quantitative estimate of drug-likeness (QED) is 0.497. The predicted octanol–water partition coefficient (Wildman–Crippen LogP) is 4.38.